The van der Waals surface area contributed by atoms with Crippen LogP contribution in [-0.2, 0) is 6.54 Å². The third-order valence-corrected chi connectivity index (χ3v) is 4.30. The summed E-state index contributed by atoms with van der Waals surface area (Å²) in [5.41, 5.74) is 7.83. The Labute approximate surface area is 153 Å². The normalized spacial score (nSPS) is 13.1. The van der Waals surface area contributed by atoms with Gasteiger partial charge in [-0.05, 0) is 48.7 Å². The molecule has 1 aliphatic rings. The number of amides is 1. The molecule has 2 aromatic carbocycles. The molecule has 0 aromatic heterocycles. The van der Waals surface area contributed by atoms with Crippen molar-refractivity contribution in [2.24, 2.45) is 0 Å². The van der Waals surface area contributed by atoms with Crippen LogP contribution < -0.4 is 10.5 Å². The molecule has 0 saturated heterocycles. The van der Waals surface area contributed by atoms with Crippen molar-refractivity contribution >= 4 is 35.6 Å². The van der Waals surface area contributed by atoms with E-state index in [1.54, 1.807) is 25.3 Å². The number of rotatable bonds is 5. The lowest BCUT2D eigenvalue weighted by atomic mass is 10.1. The number of nitrogen functional groups attached to an aromatic ring is 1. The lowest BCUT2D eigenvalue weighted by molar-refractivity contribution is 0.0730. The van der Waals surface area contributed by atoms with Gasteiger partial charge < -0.3 is 15.4 Å². The van der Waals surface area contributed by atoms with Crippen LogP contribution >= 0.6 is 24.0 Å². The molecular formula is C18H20Cl2N2O2. The fourth-order valence-electron chi connectivity index (χ4n) is 2.54. The Hall–Kier alpha value is -1.91. The summed E-state index contributed by atoms with van der Waals surface area (Å²) in [5.74, 6) is 0.757. The third-order valence-electron chi connectivity index (χ3n) is 3.98. The maximum atomic E-state index is 12.9. The van der Waals surface area contributed by atoms with Gasteiger partial charge in [-0.25, -0.2) is 0 Å². The van der Waals surface area contributed by atoms with Gasteiger partial charge in [0, 0.05) is 18.3 Å². The largest absolute Gasteiger partial charge is 0.497 e. The van der Waals surface area contributed by atoms with Gasteiger partial charge in [0.15, 0.2) is 0 Å². The molecule has 24 heavy (non-hydrogen) atoms. The number of hydrogen-bond acceptors (Lipinski definition) is 3. The van der Waals surface area contributed by atoms with Crippen molar-refractivity contribution in [2.45, 2.75) is 25.4 Å². The zero-order valence-electron chi connectivity index (χ0n) is 13.4. The molecule has 0 unspecified atom stereocenters. The molecule has 6 heteroatoms. The molecule has 1 amide bonds. The monoisotopic (exact) mass is 366 g/mol. The number of nitrogens with zero attached hydrogens (tertiary/aromatic N) is 1. The maximum absolute atomic E-state index is 12.9. The highest BCUT2D eigenvalue weighted by molar-refractivity contribution is 6.34. The highest BCUT2D eigenvalue weighted by Gasteiger charge is 2.33. The van der Waals surface area contributed by atoms with Crippen LogP contribution in [0.4, 0.5) is 5.69 Å². The number of halogens is 2. The van der Waals surface area contributed by atoms with Crippen molar-refractivity contribution in [3.8, 4) is 5.75 Å². The van der Waals surface area contributed by atoms with Gasteiger partial charge in [-0.15, -0.1) is 12.4 Å². The second kappa shape index (κ2) is 7.77. The van der Waals surface area contributed by atoms with Crippen molar-refractivity contribution < 1.29 is 9.53 Å². The number of methoxy groups -OCH3 is 1. The first-order valence-corrected chi connectivity index (χ1v) is 7.95. The number of carbonyl (C=O) groups is 1. The van der Waals surface area contributed by atoms with Crippen LogP contribution in [0.3, 0.4) is 0 Å². The molecule has 0 spiro atoms. The van der Waals surface area contributed by atoms with E-state index in [9.17, 15) is 4.79 Å². The molecule has 2 aromatic rings. The van der Waals surface area contributed by atoms with E-state index in [1.165, 1.54) is 0 Å². The maximum Gasteiger partial charge on any atom is 0.255 e. The second-order valence-corrected chi connectivity index (χ2v) is 6.16. The predicted molar refractivity (Wildman–Crippen MR) is 99.0 cm³/mol. The summed E-state index contributed by atoms with van der Waals surface area (Å²) >= 11 is 6.19. The Morgan fingerprint density at radius 2 is 1.92 bits per heavy atom. The summed E-state index contributed by atoms with van der Waals surface area (Å²) in [4.78, 5) is 14.8. The van der Waals surface area contributed by atoms with Crippen molar-refractivity contribution in [1.82, 2.24) is 4.90 Å². The first kappa shape index (κ1) is 18.4. The second-order valence-electron chi connectivity index (χ2n) is 5.75. The molecule has 0 bridgehead atoms. The predicted octanol–water partition coefficient (Wildman–Crippen LogP) is 4.16. The van der Waals surface area contributed by atoms with Gasteiger partial charge in [0.25, 0.3) is 5.91 Å². The van der Waals surface area contributed by atoms with E-state index in [1.807, 2.05) is 29.2 Å². The minimum Gasteiger partial charge on any atom is -0.497 e. The highest BCUT2D eigenvalue weighted by atomic mass is 35.5. The Morgan fingerprint density at radius 3 is 2.46 bits per heavy atom. The van der Waals surface area contributed by atoms with Gasteiger partial charge in [0.1, 0.15) is 5.75 Å². The Balaban J connectivity index is 0.00000208. The van der Waals surface area contributed by atoms with Gasteiger partial charge in [-0.3, -0.25) is 4.79 Å². The first-order valence-electron chi connectivity index (χ1n) is 7.57. The van der Waals surface area contributed by atoms with Gasteiger partial charge >= 0.3 is 0 Å². The summed E-state index contributed by atoms with van der Waals surface area (Å²) < 4.78 is 5.17. The number of anilines is 1. The van der Waals surface area contributed by atoms with Crippen molar-refractivity contribution in [3.05, 3.63) is 58.6 Å². The van der Waals surface area contributed by atoms with Crippen LogP contribution in [0.1, 0.15) is 28.8 Å². The third kappa shape index (κ3) is 4.13. The average molecular weight is 367 g/mol. The van der Waals surface area contributed by atoms with Gasteiger partial charge in [-0.2, -0.15) is 0 Å². The highest BCUT2D eigenvalue weighted by Crippen LogP contribution is 2.31. The topological polar surface area (TPSA) is 55.6 Å². The Kier molecular flexibility index (Phi) is 5.97. The fraction of sp³-hybridized carbons (Fsp3) is 0.278. The lowest BCUT2D eigenvalue weighted by Crippen LogP contribution is -2.32. The molecule has 1 aliphatic carbocycles. The van der Waals surface area contributed by atoms with E-state index in [0.717, 1.165) is 24.2 Å². The van der Waals surface area contributed by atoms with Crippen molar-refractivity contribution in [1.29, 1.82) is 0 Å². The van der Waals surface area contributed by atoms with Crippen molar-refractivity contribution in [2.75, 3.05) is 12.8 Å². The summed E-state index contributed by atoms with van der Waals surface area (Å²) in [6, 6.07) is 13.1. The number of nitrogens with two attached hydrogens (primary N) is 1. The van der Waals surface area contributed by atoms with Crippen LogP contribution in [0.15, 0.2) is 42.5 Å². The molecule has 128 valence electrons. The van der Waals surface area contributed by atoms with Gasteiger partial charge in [-0.1, -0.05) is 23.7 Å². The van der Waals surface area contributed by atoms with E-state index in [2.05, 4.69) is 0 Å². The lowest BCUT2D eigenvalue weighted by Gasteiger charge is -2.23. The molecule has 0 atom stereocenters. The van der Waals surface area contributed by atoms with Crippen LogP contribution in [0, 0.1) is 0 Å². The first-order chi connectivity index (χ1) is 11.1. The van der Waals surface area contributed by atoms with Crippen LogP contribution in [0.25, 0.3) is 0 Å². The number of benzene rings is 2. The zero-order chi connectivity index (χ0) is 16.4. The van der Waals surface area contributed by atoms with Crippen LogP contribution in [0.5, 0.6) is 5.75 Å². The molecule has 3 rings (SSSR count). The smallest absolute Gasteiger partial charge is 0.255 e. The quantitative estimate of drug-likeness (QED) is 0.808. The number of ether oxygens (including phenoxy) is 1. The zero-order valence-corrected chi connectivity index (χ0v) is 14.9. The van der Waals surface area contributed by atoms with E-state index in [0.29, 0.717) is 28.9 Å². The van der Waals surface area contributed by atoms with E-state index in [4.69, 9.17) is 22.1 Å². The Bertz CT molecular complexity index is 715. The van der Waals surface area contributed by atoms with E-state index >= 15 is 0 Å². The molecule has 1 saturated carbocycles. The van der Waals surface area contributed by atoms with Gasteiger partial charge in [0.2, 0.25) is 0 Å². The SMILES string of the molecule is COc1ccc(CN(C(=O)c2ccc(N)cc2Cl)C2CC2)cc1.Cl. The standard InChI is InChI=1S/C18H19ClN2O2.ClH/c1-23-15-7-2-12(3-8-15)11-21(14-5-6-14)18(22)16-9-4-13(20)10-17(16)19;/h2-4,7-10,14H,5-6,11,20H2,1H3;1H. The minimum absolute atomic E-state index is 0. The molecule has 0 heterocycles. The molecule has 1 fully saturated rings. The molecule has 2 N–H and O–H groups in total. The average Bonchev–Trinajstić information content (AvgIpc) is 3.37. The van der Waals surface area contributed by atoms with E-state index in [-0.39, 0.29) is 18.3 Å². The molecule has 0 radical (unpaired) electrons. The molecule has 4 nitrogen and oxygen atoms in total. The molecular weight excluding hydrogens is 347 g/mol. The van der Waals surface area contributed by atoms with Crippen LogP contribution in [-0.4, -0.2) is 24.0 Å². The fourth-order valence-corrected chi connectivity index (χ4v) is 2.81. The Morgan fingerprint density at radius 1 is 1.25 bits per heavy atom. The van der Waals surface area contributed by atoms with Crippen molar-refractivity contribution in [3.63, 3.8) is 0 Å². The summed E-state index contributed by atoms with van der Waals surface area (Å²) in [6.07, 6.45) is 2.07. The minimum atomic E-state index is -0.0479. The van der Waals surface area contributed by atoms with E-state index < -0.39 is 0 Å². The van der Waals surface area contributed by atoms with Crippen LogP contribution in [0.2, 0.25) is 5.02 Å². The summed E-state index contributed by atoms with van der Waals surface area (Å²) in [5, 5.41) is 0.399. The summed E-state index contributed by atoms with van der Waals surface area (Å²) in [6.45, 7) is 0.564. The number of hydrogen-bond donors (Lipinski definition) is 1. The summed E-state index contributed by atoms with van der Waals surface area (Å²) in [7, 11) is 1.64. The van der Waals surface area contributed by atoms with Gasteiger partial charge in [0.05, 0.1) is 17.7 Å². The molecule has 0 aliphatic heterocycles. The number of carbonyl (C=O) groups excluding carboxylic acids is 1.